The first-order chi connectivity index (χ1) is 17.3. The first kappa shape index (κ1) is 25.0. The van der Waals surface area contributed by atoms with Crippen LogP contribution in [0.3, 0.4) is 0 Å². The number of hydrogen-bond acceptors (Lipinski definition) is 6. The summed E-state index contributed by atoms with van der Waals surface area (Å²) in [5.74, 6) is 0.0564. The summed E-state index contributed by atoms with van der Waals surface area (Å²) in [6.45, 7) is 2.88. The molecule has 186 valence electrons. The van der Waals surface area contributed by atoms with E-state index in [9.17, 15) is 17.6 Å². The van der Waals surface area contributed by atoms with E-state index in [1.165, 1.54) is 12.1 Å². The second-order valence-electron chi connectivity index (χ2n) is 8.10. The molecule has 4 aromatic rings. The Balaban J connectivity index is 1.39. The predicted molar refractivity (Wildman–Crippen MR) is 135 cm³/mol. The lowest BCUT2D eigenvalue weighted by molar-refractivity contribution is 0.0953. The lowest BCUT2D eigenvalue weighted by Gasteiger charge is -2.08. The average molecular weight is 509 g/mol. The zero-order chi connectivity index (χ0) is 25.7. The number of anilines is 1. The molecule has 0 atom stereocenters. The third-order valence-electron chi connectivity index (χ3n) is 5.63. The molecule has 0 aliphatic carbocycles. The van der Waals surface area contributed by atoms with Gasteiger partial charge in [0.05, 0.1) is 4.90 Å². The third kappa shape index (κ3) is 5.75. The number of ether oxygens (including phenoxy) is 1. The van der Waals surface area contributed by atoms with Crippen molar-refractivity contribution in [3.8, 4) is 16.9 Å². The summed E-state index contributed by atoms with van der Waals surface area (Å²) in [5, 5.41) is 3.27. The van der Waals surface area contributed by atoms with Crippen LogP contribution in [-0.2, 0) is 16.6 Å². The Hall–Kier alpha value is -4.11. The fourth-order valence-corrected chi connectivity index (χ4v) is 4.88. The fourth-order valence-electron chi connectivity index (χ4n) is 3.68. The van der Waals surface area contributed by atoms with Crippen molar-refractivity contribution in [2.24, 2.45) is 0 Å². The minimum absolute atomic E-state index is 0.0380. The Bertz CT molecular complexity index is 1460. The summed E-state index contributed by atoms with van der Waals surface area (Å²) >= 11 is 0. The van der Waals surface area contributed by atoms with Crippen molar-refractivity contribution in [2.45, 2.75) is 25.3 Å². The van der Waals surface area contributed by atoms with Crippen LogP contribution >= 0.6 is 0 Å². The molecule has 0 saturated carbocycles. The largest absolute Gasteiger partial charge is 0.463 e. The first-order valence-electron chi connectivity index (χ1n) is 11.1. The number of halogens is 1. The monoisotopic (exact) mass is 508 g/mol. The molecule has 1 aromatic heterocycles. The molecule has 0 fully saturated rings. The van der Waals surface area contributed by atoms with Gasteiger partial charge in [-0.1, -0.05) is 42.5 Å². The number of carbonyl (C=O) groups excluding carboxylic acids is 1. The number of sulfonamides is 1. The van der Waals surface area contributed by atoms with Gasteiger partial charge in [-0.2, -0.15) is 0 Å². The molecular weight excluding hydrogens is 483 g/mol. The minimum atomic E-state index is -4.03. The zero-order valence-corrected chi connectivity index (χ0v) is 20.6. The Morgan fingerprint density at radius 1 is 0.944 bits per heavy atom. The molecule has 0 radical (unpaired) electrons. The van der Waals surface area contributed by atoms with Crippen molar-refractivity contribution in [3.05, 3.63) is 102 Å². The van der Waals surface area contributed by atoms with Crippen molar-refractivity contribution >= 4 is 21.6 Å². The van der Waals surface area contributed by atoms with Crippen molar-refractivity contribution < 1.29 is 26.8 Å². The molecule has 1 amide bonds. The predicted octanol–water partition coefficient (Wildman–Crippen LogP) is 5.60. The topological polar surface area (TPSA) is 97.6 Å². The van der Waals surface area contributed by atoms with Gasteiger partial charge in [-0.15, -0.1) is 0 Å². The standard InChI is InChI=1S/C27H25FN2O5S/c1-18-5-3-4-6-26(18)36(32,33)30-27(31)25-15-22(19(2)35-25)16-29-23-11-7-20(8-12-23)21-9-13-24(14-10-21)34-17-28/h3-15,29H,16-17H2,1-2H3,(H,30,31). The molecule has 4 rings (SSSR count). The van der Waals surface area contributed by atoms with Gasteiger partial charge in [0, 0.05) is 17.8 Å². The van der Waals surface area contributed by atoms with Crippen LogP contribution in [0.4, 0.5) is 10.1 Å². The Kier molecular flexibility index (Phi) is 7.40. The van der Waals surface area contributed by atoms with Gasteiger partial charge in [-0.05, 0) is 66.9 Å². The highest BCUT2D eigenvalue weighted by molar-refractivity contribution is 7.90. The van der Waals surface area contributed by atoms with E-state index < -0.39 is 22.8 Å². The van der Waals surface area contributed by atoms with E-state index in [0.717, 1.165) is 22.4 Å². The third-order valence-corrected chi connectivity index (χ3v) is 7.12. The number of rotatable bonds is 9. The number of alkyl halides is 1. The summed E-state index contributed by atoms with van der Waals surface area (Å²) in [7, 11) is -4.03. The average Bonchev–Trinajstić information content (AvgIpc) is 3.24. The van der Waals surface area contributed by atoms with Crippen molar-refractivity contribution in [2.75, 3.05) is 12.2 Å². The van der Waals surface area contributed by atoms with Crippen LogP contribution in [-0.4, -0.2) is 21.2 Å². The number of furan rings is 1. The molecule has 3 aromatic carbocycles. The molecule has 0 aliphatic heterocycles. The molecule has 0 aliphatic rings. The SMILES string of the molecule is Cc1ccccc1S(=O)(=O)NC(=O)c1cc(CNc2ccc(-c3ccc(OCF)cc3)cc2)c(C)o1. The van der Waals surface area contributed by atoms with Crippen LogP contribution in [0.15, 0.2) is 88.2 Å². The molecule has 1 heterocycles. The van der Waals surface area contributed by atoms with E-state index in [-0.39, 0.29) is 10.7 Å². The quantitative estimate of drug-likeness (QED) is 0.305. The molecule has 7 nitrogen and oxygen atoms in total. The maximum atomic E-state index is 12.6. The molecule has 36 heavy (non-hydrogen) atoms. The van der Waals surface area contributed by atoms with E-state index >= 15 is 0 Å². The van der Waals surface area contributed by atoms with Crippen LogP contribution < -0.4 is 14.8 Å². The number of hydrogen-bond donors (Lipinski definition) is 2. The maximum Gasteiger partial charge on any atom is 0.300 e. The van der Waals surface area contributed by atoms with Crippen LogP contribution in [0.2, 0.25) is 0 Å². The van der Waals surface area contributed by atoms with Crippen LogP contribution in [0, 0.1) is 13.8 Å². The first-order valence-corrected chi connectivity index (χ1v) is 12.6. The Morgan fingerprint density at radius 2 is 1.58 bits per heavy atom. The molecule has 0 saturated heterocycles. The van der Waals surface area contributed by atoms with E-state index in [4.69, 9.17) is 9.15 Å². The zero-order valence-electron chi connectivity index (χ0n) is 19.7. The number of benzene rings is 3. The van der Waals surface area contributed by atoms with Gasteiger partial charge in [-0.25, -0.2) is 17.5 Å². The van der Waals surface area contributed by atoms with Gasteiger partial charge >= 0.3 is 5.91 Å². The van der Waals surface area contributed by atoms with Gasteiger partial charge in [0.15, 0.2) is 5.76 Å². The molecule has 9 heteroatoms. The second-order valence-corrected chi connectivity index (χ2v) is 9.75. The smallest absolute Gasteiger partial charge is 0.300 e. The van der Waals surface area contributed by atoms with Gasteiger partial charge in [0.1, 0.15) is 11.5 Å². The Morgan fingerprint density at radius 3 is 2.22 bits per heavy atom. The highest BCUT2D eigenvalue weighted by Gasteiger charge is 2.23. The van der Waals surface area contributed by atoms with Gasteiger partial charge in [-0.3, -0.25) is 4.79 Å². The number of aryl methyl sites for hydroxylation is 2. The van der Waals surface area contributed by atoms with E-state index in [2.05, 4.69) is 10.0 Å². The van der Waals surface area contributed by atoms with Gasteiger partial charge in [0.25, 0.3) is 10.0 Å². The number of nitrogens with one attached hydrogen (secondary N) is 2. The van der Waals surface area contributed by atoms with Gasteiger partial charge < -0.3 is 14.5 Å². The highest BCUT2D eigenvalue weighted by Crippen LogP contribution is 2.25. The summed E-state index contributed by atoms with van der Waals surface area (Å²) < 4.78 is 49.9. The Labute approximate surface area is 209 Å². The molecule has 2 N–H and O–H groups in total. The fraction of sp³-hybridized carbons (Fsp3) is 0.148. The van der Waals surface area contributed by atoms with Crippen LogP contribution in [0.25, 0.3) is 11.1 Å². The minimum Gasteiger partial charge on any atom is -0.463 e. The molecular formula is C27H25FN2O5S. The van der Waals surface area contributed by atoms with Crippen molar-refractivity contribution in [3.63, 3.8) is 0 Å². The summed E-state index contributed by atoms with van der Waals surface area (Å²) in [6.07, 6.45) is 0. The van der Waals surface area contributed by atoms with E-state index in [1.807, 2.05) is 36.4 Å². The summed E-state index contributed by atoms with van der Waals surface area (Å²) in [6, 6.07) is 22.8. The lowest BCUT2D eigenvalue weighted by Crippen LogP contribution is -2.30. The van der Waals surface area contributed by atoms with Crippen molar-refractivity contribution in [1.82, 2.24) is 4.72 Å². The number of amides is 1. The summed E-state index contributed by atoms with van der Waals surface area (Å²) in [5.41, 5.74) is 4.06. The van der Waals surface area contributed by atoms with Crippen LogP contribution in [0.1, 0.15) is 27.4 Å². The molecule has 0 bridgehead atoms. The van der Waals surface area contributed by atoms with Crippen LogP contribution in [0.5, 0.6) is 5.75 Å². The number of carbonyl (C=O) groups is 1. The maximum absolute atomic E-state index is 12.6. The normalized spacial score (nSPS) is 11.2. The van der Waals surface area contributed by atoms with E-state index in [1.54, 1.807) is 44.2 Å². The van der Waals surface area contributed by atoms with Crippen molar-refractivity contribution in [1.29, 1.82) is 0 Å². The second kappa shape index (κ2) is 10.7. The molecule has 0 spiro atoms. The molecule has 0 unspecified atom stereocenters. The lowest BCUT2D eigenvalue weighted by atomic mass is 10.1. The van der Waals surface area contributed by atoms with Gasteiger partial charge in [0.2, 0.25) is 6.86 Å². The van der Waals surface area contributed by atoms with E-state index in [0.29, 0.717) is 23.6 Å². The highest BCUT2D eigenvalue weighted by atomic mass is 32.2. The summed E-state index contributed by atoms with van der Waals surface area (Å²) in [4.78, 5) is 12.6.